The summed E-state index contributed by atoms with van der Waals surface area (Å²) in [5.74, 6) is 0.516. The molecule has 20 heavy (non-hydrogen) atoms. The number of hydrogen-bond acceptors (Lipinski definition) is 4. The van der Waals surface area contributed by atoms with E-state index >= 15 is 0 Å². The minimum absolute atomic E-state index is 0.120. The van der Waals surface area contributed by atoms with Gasteiger partial charge in [-0.05, 0) is 32.4 Å². The zero-order valence-corrected chi connectivity index (χ0v) is 12.9. The first-order valence-corrected chi connectivity index (χ1v) is 6.62. The summed E-state index contributed by atoms with van der Waals surface area (Å²) < 4.78 is 10.6. The van der Waals surface area contributed by atoms with Crippen LogP contribution in [-0.2, 0) is 9.53 Å². The van der Waals surface area contributed by atoms with E-state index in [2.05, 4.69) is 24.5 Å². The summed E-state index contributed by atoms with van der Waals surface area (Å²) >= 11 is 0. The number of amides is 1. The van der Waals surface area contributed by atoms with Crippen LogP contribution in [-0.4, -0.2) is 32.3 Å². The molecule has 1 amide bonds. The molecule has 0 aliphatic rings. The van der Waals surface area contributed by atoms with Crippen molar-refractivity contribution in [3.63, 3.8) is 0 Å². The average molecular weight is 280 g/mol. The van der Waals surface area contributed by atoms with Crippen molar-refractivity contribution in [3.05, 3.63) is 18.2 Å². The zero-order chi connectivity index (χ0) is 15.2. The number of anilines is 2. The number of hydrogen-bond donors (Lipinski definition) is 2. The van der Waals surface area contributed by atoms with E-state index in [0.29, 0.717) is 11.4 Å². The lowest BCUT2D eigenvalue weighted by Crippen LogP contribution is -2.25. The average Bonchev–Trinajstić information content (AvgIpc) is 2.39. The van der Waals surface area contributed by atoms with E-state index in [1.54, 1.807) is 14.2 Å². The quantitative estimate of drug-likeness (QED) is 0.806. The first-order chi connectivity index (χ1) is 9.38. The van der Waals surface area contributed by atoms with Gasteiger partial charge in [0.1, 0.15) is 5.75 Å². The van der Waals surface area contributed by atoms with Crippen LogP contribution in [0, 0.1) is 0 Å². The second kappa shape index (κ2) is 7.14. The van der Waals surface area contributed by atoms with Gasteiger partial charge in [0.25, 0.3) is 0 Å². The second-order valence-corrected chi connectivity index (χ2v) is 5.24. The van der Waals surface area contributed by atoms with Crippen LogP contribution in [0.5, 0.6) is 5.75 Å². The topological polar surface area (TPSA) is 59.6 Å². The Morgan fingerprint density at radius 3 is 2.55 bits per heavy atom. The molecule has 0 radical (unpaired) electrons. The SMILES string of the molecule is COc1cc(NCCC(C)(C)OC)ccc1NC(C)=O. The Morgan fingerprint density at radius 1 is 1.30 bits per heavy atom. The number of benzene rings is 1. The van der Waals surface area contributed by atoms with Gasteiger partial charge in [-0.2, -0.15) is 0 Å². The Balaban J connectivity index is 2.66. The van der Waals surface area contributed by atoms with E-state index in [-0.39, 0.29) is 11.5 Å². The molecule has 2 N–H and O–H groups in total. The number of carbonyl (C=O) groups is 1. The van der Waals surface area contributed by atoms with Gasteiger partial charge in [0, 0.05) is 32.3 Å². The van der Waals surface area contributed by atoms with Crippen molar-refractivity contribution in [2.75, 3.05) is 31.4 Å². The fourth-order valence-electron chi connectivity index (χ4n) is 1.70. The standard InChI is InChI=1S/C15H24N2O3/c1-11(18)17-13-7-6-12(10-14(13)19-4)16-9-8-15(2,3)20-5/h6-7,10,16H,8-9H2,1-5H3,(H,17,18). The summed E-state index contributed by atoms with van der Waals surface area (Å²) in [5, 5.41) is 6.05. The van der Waals surface area contributed by atoms with Crippen molar-refractivity contribution >= 4 is 17.3 Å². The lowest BCUT2D eigenvalue weighted by molar-refractivity contribution is -0.114. The summed E-state index contributed by atoms with van der Waals surface area (Å²) in [6.45, 7) is 6.37. The molecule has 0 atom stereocenters. The molecule has 0 spiro atoms. The lowest BCUT2D eigenvalue weighted by Gasteiger charge is -2.23. The van der Waals surface area contributed by atoms with Crippen molar-refractivity contribution in [2.24, 2.45) is 0 Å². The molecule has 0 saturated heterocycles. The van der Waals surface area contributed by atoms with Crippen molar-refractivity contribution in [2.45, 2.75) is 32.8 Å². The van der Waals surface area contributed by atoms with Crippen LogP contribution in [0.1, 0.15) is 27.2 Å². The Morgan fingerprint density at radius 2 is 2.00 bits per heavy atom. The fourth-order valence-corrected chi connectivity index (χ4v) is 1.70. The number of nitrogens with one attached hydrogen (secondary N) is 2. The van der Waals surface area contributed by atoms with Crippen LogP contribution in [0.3, 0.4) is 0 Å². The van der Waals surface area contributed by atoms with Gasteiger partial charge in [-0.3, -0.25) is 4.79 Å². The van der Waals surface area contributed by atoms with Gasteiger partial charge in [0.15, 0.2) is 0 Å². The molecule has 0 aliphatic carbocycles. The van der Waals surface area contributed by atoms with Gasteiger partial charge in [-0.1, -0.05) is 0 Å². The molecule has 0 bridgehead atoms. The molecule has 0 aliphatic heterocycles. The van der Waals surface area contributed by atoms with Crippen molar-refractivity contribution in [1.29, 1.82) is 0 Å². The Bertz CT molecular complexity index is 458. The highest BCUT2D eigenvalue weighted by Crippen LogP contribution is 2.28. The first kappa shape index (κ1) is 16.3. The third-order valence-corrected chi connectivity index (χ3v) is 3.12. The molecule has 0 aromatic heterocycles. The Hall–Kier alpha value is -1.75. The zero-order valence-electron chi connectivity index (χ0n) is 12.9. The molecule has 5 nitrogen and oxygen atoms in total. The van der Waals surface area contributed by atoms with E-state index in [1.165, 1.54) is 6.92 Å². The summed E-state index contributed by atoms with van der Waals surface area (Å²) in [7, 11) is 3.30. The van der Waals surface area contributed by atoms with Crippen molar-refractivity contribution in [3.8, 4) is 5.75 Å². The molecule has 0 fully saturated rings. The number of ether oxygens (including phenoxy) is 2. The van der Waals surface area contributed by atoms with Gasteiger partial charge < -0.3 is 20.1 Å². The molecule has 0 heterocycles. The van der Waals surface area contributed by atoms with E-state index < -0.39 is 0 Å². The highest BCUT2D eigenvalue weighted by Gasteiger charge is 2.15. The molecule has 1 aromatic carbocycles. The first-order valence-electron chi connectivity index (χ1n) is 6.62. The minimum atomic E-state index is -0.146. The maximum Gasteiger partial charge on any atom is 0.221 e. The van der Waals surface area contributed by atoms with Gasteiger partial charge >= 0.3 is 0 Å². The summed E-state index contributed by atoms with van der Waals surface area (Å²) in [6, 6.07) is 5.60. The van der Waals surface area contributed by atoms with Gasteiger partial charge in [-0.25, -0.2) is 0 Å². The van der Waals surface area contributed by atoms with E-state index in [0.717, 1.165) is 18.7 Å². The molecule has 5 heteroatoms. The summed E-state index contributed by atoms with van der Waals surface area (Å²) in [4.78, 5) is 11.1. The van der Waals surface area contributed by atoms with Crippen LogP contribution in [0.15, 0.2) is 18.2 Å². The minimum Gasteiger partial charge on any atom is -0.494 e. The molecular formula is C15H24N2O3. The highest BCUT2D eigenvalue weighted by atomic mass is 16.5. The van der Waals surface area contributed by atoms with Crippen molar-refractivity contribution < 1.29 is 14.3 Å². The second-order valence-electron chi connectivity index (χ2n) is 5.24. The van der Waals surface area contributed by atoms with Gasteiger partial charge in [0.2, 0.25) is 5.91 Å². The largest absolute Gasteiger partial charge is 0.494 e. The molecule has 112 valence electrons. The Kier molecular flexibility index (Phi) is 5.82. The van der Waals surface area contributed by atoms with Crippen molar-refractivity contribution in [1.82, 2.24) is 0 Å². The lowest BCUT2D eigenvalue weighted by atomic mass is 10.1. The molecule has 0 saturated carbocycles. The maximum atomic E-state index is 11.1. The van der Waals surface area contributed by atoms with Gasteiger partial charge in [-0.15, -0.1) is 0 Å². The molecule has 1 rings (SSSR count). The molecule has 1 aromatic rings. The van der Waals surface area contributed by atoms with Gasteiger partial charge in [0.05, 0.1) is 18.4 Å². The van der Waals surface area contributed by atoms with Crippen LogP contribution in [0.25, 0.3) is 0 Å². The van der Waals surface area contributed by atoms with Crippen LogP contribution < -0.4 is 15.4 Å². The molecular weight excluding hydrogens is 256 g/mol. The smallest absolute Gasteiger partial charge is 0.221 e. The highest BCUT2D eigenvalue weighted by molar-refractivity contribution is 5.90. The predicted molar refractivity (Wildman–Crippen MR) is 81.5 cm³/mol. The fraction of sp³-hybridized carbons (Fsp3) is 0.533. The number of carbonyl (C=O) groups excluding carboxylic acids is 1. The predicted octanol–water partition coefficient (Wildman–Crippen LogP) is 2.88. The summed E-state index contributed by atoms with van der Waals surface area (Å²) in [6.07, 6.45) is 0.888. The summed E-state index contributed by atoms with van der Waals surface area (Å²) in [5.41, 5.74) is 1.47. The number of methoxy groups -OCH3 is 2. The Labute approximate surface area is 120 Å². The van der Waals surface area contributed by atoms with E-state index in [9.17, 15) is 4.79 Å². The monoisotopic (exact) mass is 280 g/mol. The third-order valence-electron chi connectivity index (χ3n) is 3.12. The van der Waals surface area contributed by atoms with E-state index in [1.807, 2.05) is 18.2 Å². The number of rotatable bonds is 7. The third kappa shape index (κ3) is 5.09. The normalized spacial score (nSPS) is 11.1. The van der Waals surface area contributed by atoms with Crippen LogP contribution in [0.4, 0.5) is 11.4 Å². The van der Waals surface area contributed by atoms with Crippen LogP contribution in [0.2, 0.25) is 0 Å². The molecule has 0 unspecified atom stereocenters. The van der Waals surface area contributed by atoms with Crippen LogP contribution >= 0.6 is 0 Å². The van der Waals surface area contributed by atoms with E-state index in [4.69, 9.17) is 9.47 Å². The maximum absolute atomic E-state index is 11.1.